The number of pyridine rings is 1. The van der Waals surface area contributed by atoms with Crippen LogP contribution in [0, 0.1) is 0 Å². The second kappa shape index (κ2) is 10.3. The van der Waals surface area contributed by atoms with Gasteiger partial charge in [0.1, 0.15) is 0 Å². The molecule has 0 aliphatic rings. The average Bonchev–Trinajstić information content (AvgIpc) is 3.45. The maximum Gasteiger partial charge on any atom is 0.0724 e. The number of nitrogens with zero attached hydrogens (tertiary/aromatic N) is 2. The first-order valence-corrected chi connectivity index (χ1v) is 15.4. The molecule has 45 heavy (non-hydrogen) atoms. The predicted octanol–water partition coefficient (Wildman–Crippen LogP) is 11.5. The largest absolute Gasteiger partial charge is 0.308 e. The maximum atomic E-state index is 4.48. The van der Waals surface area contributed by atoms with Crippen LogP contribution in [0.1, 0.15) is 0 Å². The van der Waals surface area contributed by atoms with Gasteiger partial charge in [0.25, 0.3) is 0 Å². The molecule has 210 valence electrons. The molecule has 9 rings (SSSR count). The fourth-order valence-corrected chi connectivity index (χ4v) is 7.11. The Hall–Kier alpha value is -5.99. The summed E-state index contributed by atoms with van der Waals surface area (Å²) in [5.41, 5.74) is 10.8. The molecule has 9 aromatic rings. The molecular weight excluding hydrogens is 544 g/mol. The molecule has 0 radical (unpaired) electrons. The van der Waals surface area contributed by atoms with E-state index in [1.54, 1.807) is 0 Å². The van der Waals surface area contributed by atoms with Crippen LogP contribution in [0.3, 0.4) is 0 Å². The lowest BCUT2D eigenvalue weighted by molar-refractivity contribution is 1.17. The molecule has 2 heteroatoms. The lowest BCUT2D eigenvalue weighted by Gasteiger charge is -2.19. The van der Waals surface area contributed by atoms with E-state index in [2.05, 4.69) is 167 Å². The van der Waals surface area contributed by atoms with Gasteiger partial charge in [0, 0.05) is 22.7 Å². The number of aromatic nitrogens is 2. The van der Waals surface area contributed by atoms with Crippen molar-refractivity contribution < 1.29 is 0 Å². The quantitative estimate of drug-likeness (QED) is 0.192. The summed E-state index contributed by atoms with van der Waals surface area (Å²) in [5, 5.41) is 7.49. The molecule has 0 aliphatic carbocycles. The van der Waals surface area contributed by atoms with Gasteiger partial charge in [-0.05, 0) is 85.3 Å². The first-order valence-electron chi connectivity index (χ1n) is 15.4. The Bertz CT molecular complexity index is 2470. The van der Waals surface area contributed by atoms with E-state index in [4.69, 9.17) is 0 Å². The van der Waals surface area contributed by atoms with Crippen LogP contribution in [-0.2, 0) is 0 Å². The Labute approximate surface area is 261 Å². The number of hydrogen-bond donors (Lipinski definition) is 0. The average molecular weight is 573 g/mol. The normalized spacial score (nSPS) is 11.6. The number of fused-ring (bicyclic) bond motifs is 5. The molecule has 0 bridgehead atoms. The van der Waals surface area contributed by atoms with Crippen molar-refractivity contribution in [2.24, 2.45) is 0 Å². The zero-order valence-electron chi connectivity index (χ0n) is 24.6. The highest BCUT2D eigenvalue weighted by atomic mass is 15.0. The molecule has 2 aromatic heterocycles. The van der Waals surface area contributed by atoms with Crippen molar-refractivity contribution >= 4 is 43.4 Å². The van der Waals surface area contributed by atoms with Gasteiger partial charge in [0.05, 0.1) is 17.2 Å². The van der Waals surface area contributed by atoms with Crippen molar-refractivity contribution in [3.05, 3.63) is 170 Å². The fraction of sp³-hybridized carbons (Fsp3) is 0. The van der Waals surface area contributed by atoms with Crippen LogP contribution in [0.15, 0.2) is 170 Å². The smallest absolute Gasteiger partial charge is 0.0724 e. The number of rotatable bonds is 4. The Morgan fingerprint density at radius 1 is 0.356 bits per heavy atom. The minimum absolute atomic E-state index is 1.11. The van der Waals surface area contributed by atoms with Crippen LogP contribution in [0.4, 0.5) is 0 Å². The van der Waals surface area contributed by atoms with E-state index < -0.39 is 0 Å². The number of hydrogen-bond acceptors (Lipinski definition) is 1. The van der Waals surface area contributed by atoms with Gasteiger partial charge in [0.2, 0.25) is 0 Å². The summed E-state index contributed by atoms with van der Waals surface area (Å²) < 4.78 is 2.33. The van der Waals surface area contributed by atoms with Crippen LogP contribution in [0.2, 0.25) is 0 Å². The second-order valence-corrected chi connectivity index (χ2v) is 11.6. The van der Waals surface area contributed by atoms with E-state index >= 15 is 0 Å². The summed E-state index contributed by atoms with van der Waals surface area (Å²) in [5.74, 6) is 0. The van der Waals surface area contributed by atoms with Crippen LogP contribution >= 0.6 is 0 Å². The van der Waals surface area contributed by atoms with E-state index in [9.17, 15) is 0 Å². The van der Waals surface area contributed by atoms with Gasteiger partial charge in [-0.3, -0.25) is 4.98 Å². The second-order valence-electron chi connectivity index (χ2n) is 11.6. The van der Waals surface area contributed by atoms with Crippen molar-refractivity contribution in [3.63, 3.8) is 0 Å². The van der Waals surface area contributed by atoms with E-state index in [0.717, 1.165) is 11.2 Å². The predicted molar refractivity (Wildman–Crippen MR) is 190 cm³/mol. The molecule has 0 unspecified atom stereocenters. The van der Waals surface area contributed by atoms with Crippen molar-refractivity contribution in [1.82, 2.24) is 9.55 Å². The van der Waals surface area contributed by atoms with E-state index in [0.29, 0.717) is 0 Å². The maximum absolute atomic E-state index is 4.48. The third kappa shape index (κ3) is 4.07. The molecule has 0 spiro atoms. The van der Waals surface area contributed by atoms with Crippen molar-refractivity contribution in [2.45, 2.75) is 0 Å². The molecule has 0 fully saturated rings. The first-order chi connectivity index (χ1) is 22.3. The number of benzene rings is 7. The highest BCUT2D eigenvalue weighted by Gasteiger charge is 2.18. The fourth-order valence-electron chi connectivity index (χ4n) is 7.11. The summed E-state index contributed by atoms with van der Waals surface area (Å²) in [6.45, 7) is 0. The lowest BCUT2D eigenvalue weighted by Crippen LogP contribution is -1.95. The van der Waals surface area contributed by atoms with Crippen molar-refractivity contribution in [3.8, 4) is 39.1 Å². The molecule has 0 saturated carbocycles. The molecule has 0 atom stereocenters. The van der Waals surface area contributed by atoms with Gasteiger partial charge in [-0.2, -0.15) is 0 Å². The van der Waals surface area contributed by atoms with Crippen LogP contribution < -0.4 is 0 Å². The zero-order chi connectivity index (χ0) is 29.7. The minimum Gasteiger partial charge on any atom is -0.308 e. The molecule has 2 heterocycles. The zero-order valence-corrected chi connectivity index (χ0v) is 24.6. The summed E-state index contributed by atoms with van der Waals surface area (Å²) in [4.78, 5) is 4.48. The summed E-state index contributed by atoms with van der Waals surface area (Å²) in [7, 11) is 0. The highest BCUT2D eigenvalue weighted by Crippen LogP contribution is 2.45. The third-order valence-corrected chi connectivity index (χ3v) is 9.06. The molecule has 0 aliphatic heterocycles. The number of para-hydroxylation sites is 1. The van der Waals surface area contributed by atoms with Gasteiger partial charge in [-0.15, -0.1) is 0 Å². The van der Waals surface area contributed by atoms with E-state index in [1.807, 2.05) is 12.4 Å². The molecule has 7 aromatic carbocycles. The molecular formula is C43H28N2. The minimum atomic E-state index is 1.11. The monoisotopic (exact) mass is 572 g/mol. The molecule has 0 amide bonds. The Morgan fingerprint density at radius 2 is 0.911 bits per heavy atom. The standard InChI is InChI=1S/C43H28N2/c1-3-12-29(13-4-1)42-36-19-7-8-20-37(36)43(30-14-5-2-6-15-30)39-27-32(22-23-38(39)42)31-16-11-17-33(26-31)45-40-21-10-9-18-34(40)35-24-25-44-28-41(35)45/h1-28H. The summed E-state index contributed by atoms with van der Waals surface area (Å²) >= 11 is 0. The topological polar surface area (TPSA) is 17.8 Å². The lowest BCUT2D eigenvalue weighted by atomic mass is 9.85. The molecule has 0 N–H and O–H groups in total. The van der Waals surface area contributed by atoms with Crippen molar-refractivity contribution in [2.75, 3.05) is 0 Å². The van der Waals surface area contributed by atoms with Gasteiger partial charge in [-0.25, -0.2) is 0 Å². The van der Waals surface area contributed by atoms with E-state index in [1.165, 1.54) is 71.2 Å². The molecule has 0 saturated heterocycles. The van der Waals surface area contributed by atoms with Gasteiger partial charge in [-0.1, -0.05) is 127 Å². The summed E-state index contributed by atoms with van der Waals surface area (Å²) in [6.07, 6.45) is 3.85. The SMILES string of the molecule is c1ccc(-c2c3ccccc3c(-c3ccccc3)c3cc(-c4cccc(-n5c6ccccc6c6ccncc65)c4)ccc23)cc1. The van der Waals surface area contributed by atoms with Gasteiger partial charge in [0.15, 0.2) is 0 Å². The van der Waals surface area contributed by atoms with Gasteiger partial charge < -0.3 is 4.57 Å². The first kappa shape index (κ1) is 25.5. The van der Waals surface area contributed by atoms with Gasteiger partial charge >= 0.3 is 0 Å². The Balaban J connectivity index is 1.32. The Morgan fingerprint density at radius 3 is 1.64 bits per heavy atom. The van der Waals surface area contributed by atoms with Crippen LogP contribution in [-0.4, -0.2) is 9.55 Å². The van der Waals surface area contributed by atoms with Crippen molar-refractivity contribution in [1.29, 1.82) is 0 Å². The summed E-state index contributed by atoms with van der Waals surface area (Å²) in [6, 6.07) is 57.1. The highest BCUT2D eigenvalue weighted by molar-refractivity contribution is 6.22. The van der Waals surface area contributed by atoms with Crippen LogP contribution in [0.5, 0.6) is 0 Å². The molecule has 2 nitrogen and oxygen atoms in total. The van der Waals surface area contributed by atoms with E-state index in [-0.39, 0.29) is 0 Å². The Kier molecular flexibility index (Phi) is 5.85. The van der Waals surface area contributed by atoms with Crippen LogP contribution in [0.25, 0.3) is 82.4 Å². The third-order valence-electron chi connectivity index (χ3n) is 9.06.